The molecule has 0 aromatic heterocycles. The topological polar surface area (TPSA) is 98.5 Å². The number of sulfonamides is 1. The average molecular weight is 339 g/mol. The van der Waals surface area contributed by atoms with Crippen LogP contribution in [0.2, 0.25) is 5.02 Å². The first-order valence-electron chi connectivity index (χ1n) is 5.94. The SMILES string of the molecule is COC(=O)C(NS(=O)(=O)c1cc(N)cc(Cl)c1F)C(C)C. The van der Waals surface area contributed by atoms with Crippen LogP contribution in [0.1, 0.15) is 13.8 Å². The lowest BCUT2D eigenvalue weighted by molar-refractivity contribution is -0.143. The molecule has 0 radical (unpaired) electrons. The summed E-state index contributed by atoms with van der Waals surface area (Å²) in [7, 11) is -3.20. The molecular formula is C12H16ClFN2O4S. The van der Waals surface area contributed by atoms with E-state index in [-0.39, 0.29) is 5.69 Å². The largest absolute Gasteiger partial charge is 0.468 e. The minimum atomic E-state index is -4.33. The molecule has 0 bridgehead atoms. The number of hydrogen-bond acceptors (Lipinski definition) is 5. The van der Waals surface area contributed by atoms with Gasteiger partial charge in [0, 0.05) is 5.69 Å². The number of anilines is 1. The van der Waals surface area contributed by atoms with Gasteiger partial charge in [0.25, 0.3) is 0 Å². The number of methoxy groups -OCH3 is 1. The Kier molecular flexibility index (Phi) is 5.54. The lowest BCUT2D eigenvalue weighted by Crippen LogP contribution is -2.45. The molecule has 0 spiro atoms. The maximum absolute atomic E-state index is 13.9. The molecule has 0 fully saturated rings. The number of rotatable bonds is 5. The van der Waals surface area contributed by atoms with Crippen LogP contribution in [-0.4, -0.2) is 27.5 Å². The lowest BCUT2D eigenvalue weighted by atomic mass is 10.1. The van der Waals surface area contributed by atoms with Crippen molar-refractivity contribution in [1.29, 1.82) is 0 Å². The van der Waals surface area contributed by atoms with E-state index in [0.717, 1.165) is 19.2 Å². The van der Waals surface area contributed by atoms with E-state index in [1.54, 1.807) is 13.8 Å². The van der Waals surface area contributed by atoms with Gasteiger partial charge in [0.2, 0.25) is 10.0 Å². The van der Waals surface area contributed by atoms with Gasteiger partial charge in [-0.05, 0) is 18.1 Å². The van der Waals surface area contributed by atoms with Crippen molar-refractivity contribution < 1.29 is 22.3 Å². The van der Waals surface area contributed by atoms with E-state index in [2.05, 4.69) is 9.46 Å². The Hall–Kier alpha value is -1.38. The molecular weight excluding hydrogens is 323 g/mol. The zero-order valence-corrected chi connectivity index (χ0v) is 13.3. The van der Waals surface area contributed by atoms with Crippen LogP contribution in [0.5, 0.6) is 0 Å². The average Bonchev–Trinajstić information content (AvgIpc) is 2.38. The van der Waals surface area contributed by atoms with Crippen molar-refractivity contribution >= 4 is 33.3 Å². The predicted molar refractivity (Wildman–Crippen MR) is 76.8 cm³/mol. The molecule has 1 unspecified atom stereocenters. The van der Waals surface area contributed by atoms with Crippen LogP contribution in [0, 0.1) is 11.7 Å². The summed E-state index contributed by atoms with van der Waals surface area (Å²) in [4.78, 5) is 10.9. The standard InChI is InChI=1S/C12H16ClFN2O4S/c1-6(2)11(12(17)20-3)16-21(18,19)9-5-7(15)4-8(13)10(9)14/h4-6,11,16H,15H2,1-3H3. The van der Waals surface area contributed by atoms with E-state index in [1.165, 1.54) is 0 Å². The Labute approximate surface area is 127 Å². The fourth-order valence-electron chi connectivity index (χ4n) is 1.59. The van der Waals surface area contributed by atoms with Crippen molar-refractivity contribution in [3.05, 3.63) is 23.0 Å². The van der Waals surface area contributed by atoms with E-state index in [0.29, 0.717) is 0 Å². The maximum atomic E-state index is 13.9. The maximum Gasteiger partial charge on any atom is 0.324 e. The molecule has 0 saturated heterocycles. The second-order valence-corrected chi connectivity index (χ2v) is 6.77. The Balaban J connectivity index is 3.26. The molecule has 1 aromatic rings. The number of carbonyl (C=O) groups excluding carboxylic acids is 1. The predicted octanol–water partition coefficient (Wildman–Crippen LogP) is 1.54. The number of nitrogen functional groups attached to an aromatic ring is 1. The summed E-state index contributed by atoms with van der Waals surface area (Å²) in [6, 6.07) is 0.869. The van der Waals surface area contributed by atoms with Crippen LogP contribution in [0.15, 0.2) is 17.0 Å². The molecule has 1 rings (SSSR count). The lowest BCUT2D eigenvalue weighted by Gasteiger charge is -2.20. The van der Waals surface area contributed by atoms with Gasteiger partial charge in [-0.3, -0.25) is 4.79 Å². The number of nitrogens with two attached hydrogens (primary N) is 1. The Bertz CT molecular complexity index is 649. The van der Waals surface area contributed by atoms with Crippen LogP contribution < -0.4 is 10.5 Å². The van der Waals surface area contributed by atoms with Crippen LogP contribution in [0.3, 0.4) is 0 Å². The van der Waals surface area contributed by atoms with E-state index in [1.807, 2.05) is 0 Å². The minimum absolute atomic E-state index is 0.0130. The minimum Gasteiger partial charge on any atom is -0.468 e. The molecule has 118 valence electrons. The summed E-state index contributed by atoms with van der Waals surface area (Å²) in [5.41, 5.74) is 5.45. The summed E-state index contributed by atoms with van der Waals surface area (Å²) in [6.07, 6.45) is 0. The monoisotopic (exact) mass is 338 g/mol. The first-order chi connectivity index (χ1) is 9.60. The molecule has 0 amide bonds. The number of nitrogens with one attached hydrogen (secondary N) is 1. The van der Waals surface area contributed by atoms with Crippen LogP contribution in [0.4, 0.5) is 10.1 Å². The molecule has 0 aliphatic heterocycles. The van der Waals surface area contributed by atoms with Gasteiger partial charge in [-0.2, -0.15) is 4.72 Å². The molecule has 0 heterocycles. The highest BCUT2D eigenvalue weighted by Gasteiger charge is 2.31. The quantitative estimate of drug-likeness (QED) is 0.626. The van der Waals surface area contributed by atoms with Gasteiger partial charge in [0.05, 0.1) is 12.1 Å². The molecule has 21 heavy (non-hydrogen) atoms. The smallest absolute Gasteiger partial charge is 0.324 e. The molecule has 3 N–H and O–H groups in total. The number of benzene rings is 1. The van der Waals surface area contributed by atoms with Gasteiger partial charge in [-0.15, -0.1) is 0 Å². The van der Waals surface area contributed by atoms with Crippen LogP contribution in [-0.2, 0) is 19.6 Å². The molecule has 0 aliphatic rings. The van der Waals surface area contributed by atoms with Crippen LogP contribution in [0.25, 0.3) is 0 Å². The highest BCUT2D eigenvalue weighted by Crippen LogP contribution is 2.26. The highest BCUT2D eigenvalue weighted by molar-refractivity contribution is 7.89. The molecule has 6 nitrogen and oxygen atoms in total. The van der Waals surface area contributed by atoms with E-state index >= 15 is 0 Å². The van der Waals surface area contributed by atoms with E-state index < -0.39 is 43.7 Å². The Morgan fingerprint density at radius 2 is 2.00 bits per heavy atom. The Morgan fingerprint density at radius 1 is 1.43 bits per heavy atom. The first-order valence-corrected chi connectivity index (χ1v) is 7.81. The number of hydrogen-bond donors (Lipinski definition) is 2. The van der Waals surface area contributed by atoms with Crippen molar-refractivity contribution in [3.8, 4) is 0 Å². The zero-order chi connectivity index (χ0) is 16.4. The summed E-state index contributed by atoms with van der Waals surface area (Å²) in [5.74, 6) is -2.30. The van der Waals surface area contributed by atoms with E-state index in [4.69, 9.17) is 17.3 Å². The Morgan fingerprint density at radius 3 is 2.48 bits per heavy atom. The fourth-order valence-corrected chi connectivity index (χ4v) is 3.34. The normalized spacial score (nSPS) is 13.2. The first kappa shape index (κ1) is 17.7. The number of halogens is 2. The molecule has 0 saturated carbocycles. The third kappa shape index (κ3) is 4.05. The second-order valence-electron chi connectivity index (χ2n) is 4.68. The fraction of sp³-hybridized carbons (Fsp3) is 0.417. The number of carbonyl (C=O) groups is 1. The van der Waals surface area contributed by atoms with Crippen molar-refractivity contribution in [2.45, 2.75) is 24.8 Å². The van der Waals surface area contributed by atoms with Gasteiger partial charge in [0.1, 0.15) is 10.9 Å². The van der Waals surface area contributed by atoms with Crippen molar-refractivity contribution in [2.24, 2.45) is 5.92 Å². The molecule has 9 heteroatoms. The third-order valence-electron chi connectivity index (χ3n) is 2.71. The van der Waals surface area contributed by atoms with Crippen LogP contribution >= 0.6 is 11.6 Å². The molecule has 1 aromatic carbocycles. The van der Waals surface area contributed by atoms with Crippen molar-refractivity contribution in [1.82, 2.24) is 4.72 Å². The zero-order valence-electron chi connectivity index (χ0n) is 11.7. The number of esters is 1. The summed E-state index contributed by atoms with van der Waals surface area (Å²) < 4.78 is 44.9. The van der Waals surface area contributed by atoms with Crippen molar-refractivity contribution in [2.75, 3.05) is 12.8 Å². The van der Waals surface area contributed by atoms with Crippen molar-refractivity contribution in [3.63, 3.8) is 0 Å². The second kappa shape index (κ2) is 6.59. The van der Waals surface area contributed by atoms with Gasteiger partial charge >= 0.3 is 5.97 Å². The summed E-state index contributed by atoms with van der Waals surface area (Å²) >= 11 is 5.58. The third-order valence-corrected chi connectivity index (χ3v) is 4.43. The van der Waals surface area contributed by atoms with Gasteiger partial charge in [-0.25, -0.2) is 12.8 Å². The molecule has 0 aliphatic carbocycles. The van der Waals surface area contributed by atoms with E-state index in [9.17, 15) is 17.6 Å². The van der Waals surface area contributed by atoms with Gasteiger partial charge in [0.15, 0.2) is 5.82 Å². The molecule has 1 atom stereocenters. The van der Waals surface area contributed by atoms with Gasteiger partial charge in [-0.1, -0.05) is 25.4 Å². The van der Waals surface area contributed by atoms with Gasteiger partial charge < -0.3 is 10.5 Å². The highest BCUT2D eigenvalue weighted by atomic mass is 35.5. The summed E-state index contributed by atoms with van der Waals surface area (Å²) in [6.45, 7) is 3.24. The number of ether oxygens (including phenoxy) is 1. The summed E-state index contributed by atoms with van der Waals surface area (Å²) in [5, 5.41) is -0.422.